The summed E-state index contributed by atoms with van der Waals surface area (Å²) >= 11 is 0. The van der Waals surface area contributed by atoms with Gasteiger partial charge in [0.05, 0.1) is 7.11 Å². The zero-order valence-corrected chi connectivity index (χ0v) is 10.4. The van der Waals surface area contributed by atoms with Gasteiger partial charge < -0.3 is 4.74 Å². The molecular formula is C15H18O2. The Morgan fingerprint density at radius 2 is 2.24 bits per heavy atom. The van der Waals surface area contributed by atoms with Crippen molar-refractivity contribution >= 4 is 11.9 Å². The summed E-state index contributed by atoms with van der Waals surface area (Å²) in [6.07, 6.45) is 5.04. The molecule has 1 aromatic rings. The monoisotopic (exact) mass is 230 g/mol. The molecule has 1 aliphatic carbocycles. The Labute approximate surface area is 102 Å². The Hall–Kier alpha value is -1.57. The molecular weight excluding hydrogens is 212 g/mol. The van der Waals surface area contributed by atoms with Crippen LogP contribution in [0.4, 0.5) is 0 Å². The van der Waals surface area contributed by atoms with Crippen LogP contribution in [0.15, 0.2) is 29.8 Å². The largest absolute Gasteiger partial charge is 0.497 e. The number of carbonyl (C=O) groups is 1. The molecule has 0 radical (unpaired) electrons. The second kappa shape index (κ2) is 5.17. The van der Waals surface area contributed by atoms with Gasteiger partial charge in [0.1, 0.15) is 5.75 Å². The Morgan fingerprint density at radius 1 is 1.41 bits per heavy atom. The molecule has 17 heavy (non-hydrogen) atoms. The molecule has 2 rings (SSSR count). The first-order valence-electron chi connectivity index (χ1n) is 6.09. The average Bonchev–Trinajstić information content (AvgIpc) is 2.35. The van der Waals surface area contributed by atoms with Gasteiger partial charge in [0.25, 0.3) is 0 Å². The lowest BCUT2D eigenvalue weighted by atomic mass is 9.84. The van der Waals surface area contributed by atoms with E-state index in [4.69, 9.17) is 4.74 Å². The van der Waals surface area contributed by atoms with Gasteiger partial charge in [-0.15, -0.1) is 0 Å². The third-order valence-corrected chi connectivity index (χ3v) is 3.28. The first kappa shape index (κ1) is 11.9. The van der Waals surface area contributed by atoms with Crippen molar-refractivity contribution in [2.75, 3.05) is 7.11 Å². The van der Waals surface area contributed by atoms with Gasteiger partial charge in [-0.25, -0.2) is 0 Å². The van der Waals surface area contributed by atoms with Crippen LogP contribution in [0.1, 0.15) is 31.7 Å². The van der Waals surface area contributed by atoms with Gasteiger partial charge in [0.15, 0.2) is 5.78 Å². The van der Waals surface area contributed by atoms with Crippen molar-refractivity contribution in [3.8, 4) is 5.75 Å². The highest BCUT2D eigenvalue weighted by Gasteiger charge is 2.22. The second-order valence-corrected chi connectivity index (χ2v) is 4.60. The molecule has 1 fully saturated rings. The van der Waals surface area contributed by atoms with Gasteiger partial charge in [-0.2, -0.15) is 0 Å². The van der Waals surface area contributed by atoms with E-state index in [2.05, 4.69) is 0 Å². The summed E-state index contributed by atoms with van der Waals surface area (Å²) in [5, 5.41) is 0. The molecule has 0 bridgehead atoms. The number of hydrogen-bond acceptors (Lipinski definition) is 2. The number of carbonyl (C=O) groups excluding carboxylic acids is 1. The zero-order valence-electron chi connectivity index (χ0n) is 10.4. The summed E-state index contributed by atoms with van der Waals surface area (Å²) in [6.45, 7) is 2.01. The maximum absolute atomic E-state index is 12.0. The molecule has 2 heteroatoms. The lowest BCUT2D eigenvalue weighted by Gasteiger charge is -2.19. The van der Waals surface area contributed by atoms with Gasteiger partial charge in [0.2, 0.25) is 0 Å². The Bertz CT molecular complexity index is 446. The Morgan fingerprint density at radius 3 is 3.00 bits per heavy atom. The third-order valence-electron chi connectivity index (χ3n) is 3.28. The minimum atomic E-state index is 0.181. The highest BCUT2D eigenvalue weighted by Crippen LogP contribution is 2.27. The van der Waals surface area contributed by atoms with E-state index in [9.17, 15) is 4.79 Å². The molecule has 0 aromatic heterocycles. The summed E-state index contributed by atoms with van der Waals surface area (Å²) in [6, 6.07) is 7.82. The molecule has 90 valence electrons. The summed E-state index contributed by atoms with van der Waals surface area (Å²) in [4.78, 5) is 12.0. The Balaban J connectivity index is 2.25. The van der Waals surface area contributed by atoms with E-state index in [1.54, 1.807) is 7.11 Å². The van der Waals surface area contributed by atoms with E-state index in [1.165, 1.54) is 0 Å². The minimum absolute atomic E-state index is 0.181. The maximum atomic E-state index is 12.0. The van der Waals surface area contributed by atoms with Crippen molar-refractivity contribution in [2.45, 2.75) is 26.2 Å². The van der Waals surface area contributed by atoms with Crippen LogP contribution in [0.5, 0.6) is 5.75 Å². The van der Waals surface area contributed by atoms with Crippen molar-refractivity contribution in [1.29, 1.82) is 0 Å². The summed E-state index contributed by atoms with van der Waals surface area (Å²) < 4.78 is 5.18. The molecule has 2 nitrogen and oxygen atoms in total. The average molecular weight is 230 g/mol. The molecule has 1 aromatic carbocycles. The first-order chi connectivity index (χ1) is 8.20. The van der Waals surface area contributed by atoms with E-state index < -0.39 is 0 Å². The summed E-state index contributed by atoms with van der Waals surface area (Å²) in [5.41, 5.74) is 2.00. The smallest absolute Gasteiger partial charge is 0.161 e. The number of ether oxygens (including phenoxy) is 1. The van der Waals surface area contributed by atoms with Crippen molar-refractivity contribution < 1.29 is 9.53 Å². The lowest BCUT2D eigenvalue weighted by molar-refractivity contribution is -0.119. The number of benzene rings is 1. The zero-order chi connectivity index (χ0) is 12.3. The van der Waals surface area contributed by atoms with E-state index >= 15 is 0 Å². The predicted octanol–water partition coefficient (Wildman–Crippen LogP) is 3.47. The normalized spacial score (nSPS) is 22.8. The molecule has 1 aliphatic rings. The number of ketones is 1. The SMILES string of the molecule is COc1cccc(C=C2CCCC(C)C2=O)c1. The van der Waals surface area contributed by atoms with E-state index in [0.717, 1.165) is 36.1 Å². The lowest BCUT2D eigenvalue weighted by Crippen LogP contribution is -2.18. The minimum Gasteiger partial charge on any atom is -0.497 e. The van der Waals surface area contributed by atoms with Crippen LogP contribution in [-0.2, 0) is 4.79 Å². The highest BCUT2D eigenvalue weighted by atomic mass is 16.5. The van der Waals surface area contributed by atoms with Crippen molar-refractivity contribution in [1.82, 2.24) is 0 Å². The van der Waals surface area contributed by atoms with Crippen molar-refractivity contribution in [3.63, 3.8) is 0 Å². The molecule has 0 heterocycles. The topological polar surface area (TPSA) is 26.3 Å². The van der Waals surface area contributed by atoms with Crippen LogP contribution in [-0.4, -0.2) is 12.9 Å². The number of methoxy groups -OCH3 is 1. The number of Topliss-reactive ketones (excluding diaryl/α,β-unsaturated/α-hetero) is 1. The maximum Gasteiger partial charge on any atom is 0.161 e. The molecule has 1 saturated carbocycles. The molecule has 0 saturated heterocycles. The highest BCUT2D eigenvalue weighted by molar-refractivity contribution is 6.01. The standard InChI is InChI=1S/C15H18O2/c1-11-5-3-7-13(15(11)16)9-12-6-4-8-14(10-12)17-2/h4,6,8-11H,3,5,7H2,1-2H3. The predicted molar refractivity (Wildman–Crippen MR) is 69.0 cm³/mol. The van der Waals surface area contributed by atoms with Crippen LogP contribution in [0.3, 0.4) is 0 Å². The second-order valence-electron chi connectivity index (χ2n) is 4.60. The van der Waals surface area contributed by atoms with E-state index in [1.807, 2.05) is 37.3 Å². The molecule has 0 spiro atoms. The van der Waals surface area contributed by atoms with Crippen LogP contribution in [0, 0.1) is 5.92 Å². The quantitative estimate of drug-likeness (QED) is 0.727. The van der Waals surface area contributed by atoms with Crippen LogP contribution in [0.2, 0.25) is 0 Å². The van der Waals surface area contributed by atoms with Crippen molar-refractivity contribution in [2.24, 2.45) is 5.92 Å². The fourth-order valence-electron chi connectivity index (χ4n) is 2.25. The van der Waals surface area contributed by atoms with E-state index in [-0.39, 0.29) is 5.92 Å². The fourth-order valence-corrected chi connectivity index (χ4v) is 2.25. The van der Waals surface area contributed by atoms with Gasteiger partial charge in [-0.05, 0) is 48.6 Å². The van der Waals surface area contributed by atoms with Crippen LogP contribution in [0.25, 0.3) is 6.08 Å². The molecule has 1 unspecified atom stereocenters. The van der Waals surface area contributed by atoms with Gasteiger partial charge in [-0.3, -0.25) is 4.79 Å². The van der Waals surface area contributed by atoms with Gasteiger partial charge in [-0.1, -0.05) is 19.1 Å². The van der Waals surface area contributed by atoms with Gasteiger partial charge in [0, 0.05) is 5.92 Å². The number of hydrogen-bond donors (Lipinski definition) is 0. The molecule has 0 aliphatic heterocycles. The number of rotatable bonds is 2. The summed E-state index contributed by atoms with van der Waals surface area (Å²) in [7, 11) is 1.65. The van der Waals surface area contributed by atoms with E-state index in [0.29, 0.717) is 5.78 Å². The molecule has 0 amide bonds. The molecule has 1 atom stereocenters. The van der Waals surface area contributed by atoms with Crippen LogP contribution >= 0.6 is 0 Å². The van der Waals surface area contributed by atoms with Gasteiger partial charge >= 0.3 is 0 Å². The Kier molecular flexibility index (Phi) is 3.62. The van der Waals surface area contributed by atoms with Crippen LogP contribution < -0.4 is 4.74 Å². The number of allylic oxidation sites excluding steroid dienone is 1. The van der Waals surface area contributed by atoms with Crippen molar-refractivity contribution in [3.05, 3.63) is 35.4 Å². The fraction of sp³-hybridized carbons (Fsp3) is 0.400. The molecule has 0 N–H and O–H groups in total. The summed E-state index contributed by atoms with van der Waals surface area (Å²) in [5.74, 6) is 1.32. The first-order valence-corrected chi connectivity index (χ1v) is 6.09. The third kappa shape index (κ3) is 2.76.